The summed E-state index contributed by atoms with van der Waals surface area (Å²) in [5, 5.41) is 5.01. The molecule has 2 aromatic heterocycles. The second kappa shape index (κ2) is 5.33. The number of H-pyrrole nitrogens is 1. The average molecular weight is 297 g/mol. The highest BCUT2D eigenvalue weighted by Gasteiger charge is 2.21. The van der Waals surface area contributed by atoms with Crippen molar-refractivity contribution in [1.82, 2.24) is 10.1 Å². The first kappa shape index (κ1) is 14.4. The number of amides is 1. The molecule has 0 unspecified atom stereocenters. The van der Waals surface area contributed by atoms with E-state index >= 15 is 0 Å². The zero-order valence-electron chi connectivity index (χ0n) is 13.2. The highest BCUT2D eigenvalue weighted by molar-refractivity contribution is 5.98. The van der Waals surface area contributed by atoms with E-state index in [1.54, 1.807) is 11.9 Å². The van der Waals surface area contributed by atoms with Gasteiger partial charge in [-0.2, -0.15) is 0 Å². The van der Waals surface area contributed by atoms with Crippen LogP contribution in [-0.2, 0) is 11.2 Å². The van der Waals surface area contributed by atoms with E-state index in [4.69, 9.17) is 4.52 Å². The van der Waals surface area contributed by atoms with Gasteiger partial charge in [-0.3, -0.25) is 4.79 Å². The fourth-order valence-corrected chi connectivity index (χ4v) is 2.91. The van der Waals surface area contributed by atoms with Gasteiger partial charge in [-0.1, -0.05) is 23.4 Å². The Hall–Kier alpha value is -2.56. The fraction of sp³-hybridized carbons (Fsp3) is 0.294. The molecule has 0 aliphatic carbocycles. The summed E-state index contributed by atoms with van der Waals surface area (Å²) in [6.07, 6.45) is 0.344. The molecule has 0 saturated carbocycles. The lowest BCUT2D eigenvalue weighted by atomic mass is 10.1. The molecule has 0 bridgehead atoms. The van der Waals surface area contributed by atoms with E-state index in [2.05, 4.69) is 10.1 Å². The van der Waals surface area contributed by atoms with E-state index in [0.717, 1.165) is 33.5 Å². The molecule has 0 spiro atoms. The van der Waals surface area contributed by atoms with Crippen LogP contribution in [0, 0.1) is 20.8 Å². The normalized spacial score (nSPS) is 11.1. The Balaban J connectivity index is 1.92. The van der Waals surface area contributed by atoms with Crippen molar-refractivity contribution in [3.63, 3.8) is 0 Å². The number of hydrogen-bond donors (Lipinski definition) is 1. The number of likely N-dealkylation sites (N-methyl/N-ethyl adjacent to an activating group) is 1. The summed E-state index contributed by atoms with van der Waals surface area (Å²) in [5.41, 5.74) is 4.61. The summed E-state index contributed by atoms with van der Waals surface area (Å²) in [4.78, 5) is 17.6. The Bertz CT molecular complexity index is 825. The lowest BCUT2D eigenvalue weighted by molar-refractivity contribution is -0.117. The van der Waals surface area contributed by atoms with E-state index in [1.165, 1.54) is 0 Å². The summed E-state index contributed by atoms with van der Waals surface area (Å²) in [7, 11) is 1.76. The largest absolute Gasteiger partial charge is 0.359 e. The van der Waals surface area contributed by atoms with Crippen LogP contribution in [0.3, 0.4) is 0 Å². The van der Waals surface area contributed by atoms with Gasteiger partial charge in [-0.25, -0.2) is 0 Å². The van der Waals surface area contributed by atoms with Crippen LogP contribution in [0.1, 0.15) is 22.7 Å². The highest BCUT2D eigenvalue weighted by atomic mass is 16.5. The molecule has 22 heavy (non-hydrogen) atoms. The van der Waals surface area contributed by atoms with Crippen molar-refractivity contribution in [1.29, 1.82) is 0 Å². The van der Waals surface area contributed by atoms with Crippen molar-refractivity contribution < 1.29 is 9.32 Å². The van der Waals surface area contributed by atoms with Gasteiger partial charge in [-0.05, 0) is 32.4 Å². The van der Waals surface area contributed by atoms with Crippen LogP contribution in [0.5, 0.6) is 0 Å². The Morgan fingerprint density at radius 3 is 2.68 bits per heavy atom. The van der Waals surface area contributed by atoms with Crippen LogP contribution >= 0.6 is 0 Å². The van der Waals surface area contributed by atoms with Gasteiger partial charge in [0.05, 0.1) is 6.42 Å². The first-order valence-corrected chi connectivity index (χ1v) is 7.24. The van der Waals surface area contributed by atoms with Crippen LogP contribution in [0.25, 0.3) is 10.9 Å². The minimum atomic E-state index is 0.0160. The number of aromatic amines is 1. The van der Waals surface area contributed by atoms with E-state index < -0.39 is 0 Å². The first-order chi connectivity index (χ1) is 10.5. The Morgan fingerprint density at radius 2 is 2.00 bits per heavy atom. The predicted octanol–water partition coefficient (Wildman–Crippen LogP) is 3.29. The monoisotopic (exact) mass is 297 g/mol. The van der Waals surface area contributed by atoms with Crippen molar-refractivity contribution in [3.8, 4) is 0 Å². The van der Waals surface area contributed by atoms with E-state index in [1.807, 2.05) is 45.0 Å². The molecule has 5 heteroatoms. The maximum absolute atomic E-state index is 12.7. The first-order valence-electron chi connectivity index (χ1n) is 7.24. The van der Waals surface area contributed by atoms with Crippen LogP contribution in [-0.4, -0.2) is 23.1 Å². The van der Waals surface area contributed by atoms with Crippen LogP contribution in [0.2, 0.25) is 0 Å². The topological polar surface area (TPSA) is 62.1 Å². The van der Waals surface area contributed by atoms with Gasteiger partial charge in [0, 0.05) is 23.6 Å². The molecule has 3 aromatic rings. The minimum Gasteiger partial charge on any atom is -0.359 e. The smallest absolute Gasteiger partial charge is 0.231 e. The molecule has 3 rings (SSSR count). The van der Waals surface area contributed by atoms with Crippen molar-refractivity contribution in [2.45, 2.75) is 27.2 Å². The number of nitrogens with zero attached hydrogens (tertiary/aromatic N) is 2. The van der Waals surface area contributed by atoms with E-state index in [-0.39, 0.29) is 5.91 Å². The quantitative estimate of drug-likeness (QED) is 0.807. The number of para-hydroxylation sites is 1. The van der Waals surface area contributed by atoms with Crippen LogP contribution in [0.15, 0.2) is 28.8 Å². The van der Waals surface area contributed by atoms with Gasteiger partial charge in [0.1, 0.15) is 11.4 Å². The van der Waals surface area contributed by atoms with Crippen LogP contribution in [0.4, 0.5) is 5.69 Å². The maximum atomic E-state index is 12.7. The SMILES string of the molecule is Cc1noc(C)c1N(C)C(=O)Cc1c(C)[nH]c2ccccc12. The van der Waals surface area contributed by atoms with Gasteiger partial charge in [0.25, 0.3) is 0 Å². The molecule has 114 valence electrons. The molecule has 0 saturated heterocycles. The van der Waals surface area contributed by atoms with Gasteiger partial charge in [-0.15, -0.1) is 0 Å². The molecule has 0 aliphatic rings. The van der Waals surface area contributed by atoms with Crippen molar-refractivity contribution in [2.24, 2.45) is 0 Å². The number of carbonyl (C=O) groups excluding carboxylic acids is 1. The number of hydrogen-bond acceptors (Lipinski definition) is 3. The molecule has 0 atom stereocenters. The molecule has 5 nitrogen and oxygen atoms in total. The molecule has 1 amide bonds. The van der Waals surface area contributed by atoms with Gasteiger partial charge >= 0.3 is 0 Å². The van der Waals surface area contributed by atoms with Crippen molar-refractivity contribution >= 4 is 22.5 Å². The van der Waals surface area contributed by atoms with Crippen molar-refractivity contribution in [3.05, 3.63) is 47.0 Å². The van der Waals surface area contributed by atoms with E-state index in [9.17, 15) is 4.79 Å². The third-order valence-corrected chi connectivity index (χ3v) is 4.06. The number of benzene rings is 1. The lowest BCUT2D eigenvalue weighted by Crippen LogP contribution is -2.28. The molecule has 0 radical (unpaired) electrons. The summed E-state index contributed by atoms with van der Waals surface area (Å²) in [5.74, 6) is 0.672. The number of aromatic nitrogens is 2. The van der Waals surface area contributed by atoms with E-state index in [0.29, 0.717) is 12.2 Å². The van der Waals surface area contributed by atoms with Gasteiger partial charge in [0.15, 0.2) is 5.76 Å². The molecule has 0 fully saturated rings. The second-order valence-corrected chi connectivity index (χ2v) is 5.58. The Morgan fingerprint density at radius 1 is 1.27 bits per heavy atom. The number of fused-ring (bicyclic) bond motifs is 1. The summed E-state index contributed by atoms with van der Waals surface area (Å²) in [6, 6.07) is 8.03. The average Bonchev–Trinajstić information content (AvgIpc) is 2.99. The zero-order valence-corrected chi connectivity index (χ0v) is 13.2. The predicted molar refractivity (Wildman–Crippen MR) is 86.1 cm³/mol. The maximum Gasteiger partial charge on any atom is 0.231 e. The second-order valence-electron chi connectivity index (χ2n) is 5.58. The lowest BCUT2D eigenvalue weighted by Gasteiger charge is -2.16. The van der Waals surface area contributed by atoms with Gasteiger partial charge < -0.3 is 14.4 Å². The van der Waals surface area contributed by atoms with Crippen molar-refractivity contribution in [2.75, 3.05) is 11.9 Å². The molecule has 1 aromatic carbocycles. The summed E-state index contributed by atoms with van der Waals surface area (Å²) in [6.45, 7) is 5.65. The molecular weight excluding hydrogens is 278 g/mol. The summed E-state index contributed by atoms with van der Waals surface area (Å²) < 4.78 is 5.15. The number of rotatable bonds is 3. The fourth-order valence-electron chi connectivity index (χ4n) is 2.91. The molecule has 2 heterocycles. The molecular formula is C17H19N3O2. The van der Waals surface area contributed by atoms with Gasteiger partial charge in [0.2, 0.25) is 5.91 Å². The highest BCUT2D eigenvalue weighted by Crippen LogP contribution is 2.26. The number of carbonyl (C=O) groups is 1. The minimum absolute atomic E-state index is 0.0160. The molecule has 0 aliphatic heterocycles. The Kier molecular flexibility index (Phi) is 3.48. The third kappa shape index (κ3) is 2.28. The number of anilines is 1. The zero-order chi connectivity index (χ0) is 15.9. The summed E-state index contributed by atoms with van der Waals surface area (Å²) >= 11 is 0. The number of nitrogens with one attached hydrogen (secondary N) is 1. The number of aryl methyl sites for hydroxylation is 3. The third-order valence-electron chi connectivity index (χ3n) is 4.06. The Labute approximate surface area is 128 Å². The van der Waals surface area contributed by atoms with Crippen LogP contribution < -0.4 is 4.90 Å². The standard InChI is InChI=1S/C17H19N3O2/c1-10-14(13-7-5-6-8-15(13)18-10)9-16(21)20(4)17-11(2)19-22-12(17)3/h5-8,18H,9H2,1-4H3. The molecule has 1 N–H and O–H groups in total.